The van der Waals surface area contributed by atoms with E-state index in [4.69, 9.17) is 16.4 Å². The fraction of sp³-hybridized carbons (Fsp3) is 0.385. The zero-order valence-electron chi connectivity index (χ0n) is 19.9. The maximum absolute atomic E-state index is 14.2. The van der Waals surface area contributed by atoms with Gasteiger partial charge in [-0.15, -0.1) is 23.5 Å². The van der Waals surface area contributed by atoms with E-state index in [1.807, 2.05) is 43.0 Å². The molecule has 0 aromatic heterocycles. The fourth-order valence-electron chi connectivity index (χ4n) is 4.97. The number of ketones is 1. The Morgan fingerprint density at radius 3 is 2.97 bits per heavy atom. The lowest BCUT2D eigenvalue weighted by molar-refractivity contribution is -0.121. The Morgan fingerprint density at radius 2 is 2.20 bits per heavy atom. The van der Waals surface area contributed by atoms with E-state index in [2.05, 4.69) is 22.7 Å². The summed E-state index contributed by atoms with van der Waals surface area (Å²) in [5.41, 5.74) is 6.65. The van der Waals surface area contributed by atoms with Gasteiger partial charge >= 0.3 is 0 Å². The molecule has 35 heavy (non-hydrogen) atoms. The molecular formula is C26H28ClN3O3S2. The highest BCUT2D eigenvalue weighted by Gasteiger charge is 2.48. The normalized spacial score (nSPS) is 25.3. The lowest BCUT2D eigenvalue weighted by Gasteiger charge is -2.32. The number of Topliss-reactive ketones (excluding diaryl/α,β-unsaturated/α-hetero) is 1. The molecule has 0 radical (unpaired) electrons. The zero-order valence-corrected chi connectivity index (χ0v) is 22.3. The Kier molecular flexibility index (Phi) is 6.94. The number of nitrogens with one attached hydrogen (secondary N) is 1. The summed E-state index contributed by atoms with van der Waals surface area (Å²) >= 11 is 9.81. The second kappa shape index (κ2) is 9.82. The first-order valence-electron chi connectivity index (χ1n) is 11.7. The highest BCUT2D eigenvalue weighted by Crippen LogP contribution is 2.44. The maximum Gasteiger partial charge on any atom is 0.179 e. The fourth-order valence-corrected chi connectivity index (χ4v) is 7.54. The monoisotopic (exact) mass is 529 g/mol. The molecule has 2 N–H and O–H groups in total. The predicted octanol–water partition coefficient (Wildman–Crippen LogP) is 5.12. The molecule has 2 unspecified atom stereocenters. The number of hydrogen-bond acceptors (Lipinski definition) is 8. The van der Waals surface area contributed by atoms with E-state index in [1.165, 1.54) is 29.3 Å². The average molecular weight is 530 g/mol. The maximum atomic E-state index is 14.2. The predicted molar refractivity (Wildman–Crippen MR) is 143 cm³/mol. The molecule has 5 rings (SSSR count). The largest absolute Gasteiger partial charge is 0.399 e. The molecule has 0 saturated carbocycles. The number of hydrogen-bond donors (Lipinski definition) is 2. The van der Waals surface area contributed by atoms with Crippen LogP contribution in [0.4, 0.5) is 0 Å². The Hall–Kier alpha value is -1.97. The lowest BCUT2D eigenvalue weighted by Crippen LogP contribution is -2.50. The van der Waals surface area contributed by atoms with Crippen molar-refractivity contribution in [2.75, 3.05) is 19.4 Å². The second-order valence-corrected chi connectivity index (χ2v) is 11.7. The van der Waals surface area contributed by atoms with Crippen LogP contribution >= 0.6 is 35.1 Å². The van der Waals surface area contributed by atoms with Crippen LogP contribution in [-0.4, -0.2) is 52.0 Å². The van der Waals surface area contributed by atoms with Crippen LogP contribution in [0.2, 0.25) is 5.02 Å². The van der Waals surface area contributed by atoms with Crippen molar-refractivity contribution in [3.05, 3.63) is 63.7 Å². The van der Waals surface area contributed by atoms with Crippen molar-refractivity contribution < 1.29 is 14.7 Å². The third-order valence-corrected chi connectivity index (χ3v) is 9.64. The quantitative estimate of drug-likeness (QED) is 0.520. The number of aliphatic hydroxyl groups is 1. The van der Waals surface area contributed by atoms with Gasteiger partial charge in [0, 0.05) is 28.3 Å². The van der Waals surface area contributed by atoms with Gasteiger partial charge < -0.3 is 15.4 Å². The Morgan fingerprint density at radius 1 is 1.37 bits per heavy atom. The van der Waals surface area contributed by atoms with Gasteiger partial charge in [-0.2, -0.15) is 5.01 Å². The van der Waals surface area contributed by atoms with Gasteiger partial charge in [-0.25, -0.2) is 0 Å². The first kappa shape index (κ1) is 24.7. The number of hydrazine groups is 1. The number of oxime groups is 1. The molecule has 3 aliphatic heterocycles. The molecule has 9 heteroatoms. The minimum absolute atomic E-state index is 0.139. The summed E-state index contributed by atoms with van der Waals surface area (Å²) in [6, 6.07) is 11.9. The van der Waals surface area contributed by atoms with Crippen molar-refractivity contribution >= 4 is 52.3 Å². The van der Waals surface area contributed by atoms with Gasteiger partial charge in [-0.1, -0.05) is 41.9 Å². The molecule has 184 valence electrons. The van der Waals surface area contributed by atoms with Gasteiger partial charge in [0.05, 0.1) is 27.3 Å². The van der Waals surface area contributed by atoms with Gasteiger partial charge in [0.2, 0.25) is 0 Å². The van der Waals surface area contributed by atoms with Crippen LogP contribution in [0.25, 0.3) is 5.70 Å². The Balaban J connectivity index is 1.59. The highest BCUT2D eigenvalue weighted by atomic mass is 35.5. The molecule has 0 aliphatic carbocycles. The highest BCUT2D eigenvalue weighted by molar-refractivity contribution is 8.01. The first-order valence-corrected chi connectivity index (χ1v) is 14.0. The number of benzene rings is 2. The summed E-state index contributed by atoms with van der Waals surface area (Å²) in [6.07, 6.45) is 2.54. The molecule has 3 heterocycles. The number of fused-ring (bicyclic) bond motifs is 2. The number of thioether (sulfide) groups is 2. The van der Waals surface area contributed by atoms with Crippen LogP contribution in [0.15, 0.2) is 56.9 Å². The van der Waals surface area contributed by atoms with E-state index < -0.39 is 11.0 Å². The molecule has 0 spiro atoms. The number of aryl methyl sites for hydroxylation is 1. The number of rotatable bonds is 5. The first-order chi connectivity index (χ1) is 16.8. The third-order valence-electron chi connectivity index (χ3n) is 6.67. The van der Waals surface area contributed by atoms with Gasteiger partial charge in [-0.3, -0.25) is 4.79 Å². The number of halogens is 1. The molecule has 0 bridgehead atoms. The number of nitrogens with zero attached hydrogens (tertiary/aromatic N) is 2. The molecule has 3 aliphatic rings. The minimum atomic E-state index is -1.47. The summed E-state index contributed by atoms with van der Waals surface area (Å²) in [5, 5.41) is 17.6. The molecule has 0 fully saturated rings. The molecular weight excluding hydrogens is 502 g/mol. The van der Waals surface area contributed by atoms with Crippen molar-refractivity contribution in [2.45, 2.75) is 53.9 Å². The van der Waals surface area contributed by atoms with E-state index in [9.17, 15) is 9.90 Å². The van der Waals surface area contributed by atoms with Crippen molar-refractivity contribution in [2.24, 2.45) is 5.16 Å². The Bertz CT molecular complexity index is 1240. The standard InChI is InChI=1S/C26H28ClN3O3S2/c1-4-30-26(2,32)22(23(28-30)16-10-11-20-15(13-16)7-6-12-34-20)24(31)21-14-19(29-33-3)17-8-5-9-18(27)25(17)35-21/h5,8-11,13,21,28,32H,4,6-7,12,14H2,1-3H3. The van der Waals surface area contributed by atoms with Gasteiger partial charge in [0.1, 0.15) is 7.11 Å². The van der Waals surface area contributed by atoms with Crippen LogP contribution in [-0.2, 0) is 16.1 Å². The van der Waals surface area contributed by atoms with E-state index in [0.717, 1.165) is 34.6 Å². The molecule has 6 nitrogen and oxygen atoms in total. The van der Waals surface area contributed by atoms with Crippen LogP contribution in [0.1, 0.15) is 43.4 Å². The van der Waals surface area contributed by atoms with Crippen LogP contribution < -0.4 is 5.43 Å². The van der Waals surface area contributed by atoms with Crippen LogP contribution in [0.5, 0.6) is 0 Å². The van der Waals surface area contributed by atoms with Crippen molar-refractivity contribution in [3.63, 3.8) is 0 Å². The summed E-state index contributed by atoms with van der Waals surface area (Å²) in [5.74, 6) is 0.990. The van der Waals surface area contributed by atoms with E-state index in [1.54, 1.807) is 11.9 Å². The van der Waals surface area contributed by atoms with E-state index in [0.29, 0.717) is 35.0 Å². The minimum Gasteiger partial charge on any atom is -0.399 e. The SMILES string of the molecule is CCN1NC(c2ccc3c(c2)CCCS3)=C(C(=O)C2CC(=NOC)c3cccc(Cl)c3S2)C1(C)O. The van der Waals surface area contributed by atoms with Crippen LogP contribution in [0, 0.1) is 0 Å². The smallest absolute Gasteiger partial charge is 0.179 e. The zero-order chi connectivity index (χ0) is 24.7. The summed E-state index contributed by atoms with van der Waals surface area (Å²) in [6.45, 7) is 4.15. The van der Waals surface area contributed by atoms with E-state index >= 15 is 0 Å². The summed E-state index contributed by atoms with van der Waals surface area (Å²) in [4.78, 5) is 21.4. The lowest BCUT2D eigenvalue weighted by atomic mass is 9.91. The molecule has 0 amide bonds. The second-order valence-electron chi connectivity index (χ2n) is 8.91. The Labute approximate surface area is 219 Å². The summed E-state index contributed by atoms with van der Waals surface area (Å²) < 4.78 is 0. The third kappa shape index (κ3) is 4.40. The molecule has 2 atom stereocenters. The van der Waals surface area contributed by atoms with E-state index in [-0.39, 0.29) is 5.78 Å². The summed E-state index contributed by atoms with van der Waals surface area (Å²) in [7, 11) is 1.50. The molecule has 0 saturated heterocycles. The van der Waals surface area contributed by atoms with Crippen molar-refractivity contribution in [1.29, 1.82) is 0 Å². The van der Waals surface area contributed by atoms with Crippen molar-refractivity contribution in [1.82, 2.24) is 10.4 Å². The number of carbonyl (C=O) groups excluding carboxylic acids is 1. The average Bonchev–Trinajstić information content (AvgIpc) is 3.13. The van der Waals surface area contributed by atoms with Gasteiger partial charge in [0.15, 0.2) is 11.5 Å². The van der Waals surface area contributed by atoms with Gasteiger partial charge in [0.25, 0.3) is 0 Å². The molecule has 2 aromatic carbocycles. The molecule has 2 aromatic rings. The topological polar surface area (TPSA) is 74.2 Å². The van der Waals surface area contributed by atoms with Gasteiger partial charge in [-0.05, 0) is 54.8 Å². The number of carbonyl (C=O) groups is 1. The van der Waals surface area contributed by atoms with Crippen LogP contribution in [0.3, 0.4) is 0 Å². The number of likely N-dealkylation sites (N-methyl/N-ethyl adjacent to an activating group) is 1. The van der Waals surface area contributed by atoms with Crippen molar-refractivity contribution in [3.8, 4) is 0 Å².